The zero-order valence-electron chi connectivity index (χ0n) is 18.8. The number of rotatable bonds is 11. The lowest BCUT2D eigenvalue weighted by atomic mass is 9.93. The van der Waals surface area contributed by atoms with Gasteiger partial charge in [-0.25, -0.2) is 4.99 Å². The van der Waals surface area contributed by atoms with E-state index in [2.05, 4.69) is 20.4 Å². The third-order valence-electron chi connectivity index (χ3n) is 5.63. The van der Waals surface area contributed by atoms with Crippen LogP contribution >= 0.6 is 0 Å². The third kappa shape index (κ3) is 9.38. The van der Waals surface area contributed by atoms with Crippen molar-refractivity contribution in [3.8, 4) is 0 Å². The van der Waals surface area contributed by atoms with Crippen LogP contribution in [0.1, 0.15) is 39.5 Å². The first kappa shape index (κ1) is 27.2. The first-order chi connectivity index (χ1) is 15.5. The lowest BCUT2D eigenvalue weighted by Gasteiger charge is -2.27. The number of carbonyl (C=O) groups excluding carboxylic acids is 3. The Bertz CT molecular complexity index is 710. The summed E-state index contributed by atoms with van der Waals surface area (Å²) in [5, 5.41) is 15.5. The molecule has 3 unspecified atom stereocenters. The van der Waals surface area contributed by atoms with E-state index in [4.69, 9.17) is 4.74 Å². The van der Waals surface area contributed by atoms with E-state index in [0.29, 0.717) is 32.4 Å². The number of nitrogens with one attached hydrogen (secondary N) is 2. The van der Waals surface area contributed by atoms with Crippen LogP contribution in [0.15, 0.2) is 4.99 Å². The van der Waals surface area contributed by atoms with E-state index < -0.39 is 48.8 Å². The fourth-order valence-corrected chi connectivity index (χ4v) is 3.82. The number of nitrogens with zero attached hydrogens (tertiary/aromatic N) is 1. The van der Waals surface area contributed by atoms with E-state index in [1.54, 1.807) is 0 Å². The molecule has 2 aliphatic heterocycles. The van der Waals surface area contributed by atoms with Gasteiger partial charge in [0.05, 0.1) is 37.2 Å². The van der Waals surface area contributed by atoms with E-state index in [-0.39, 0.29) is 30.8 Å². The number of alkyl halides is 3. The summed E-state index contributed by atoms with van der Waals surface area (Å²) in [6.07, 6.45) is -4.14. The number of hydrogen-bond acceptors (Lipinski definition) is 6. The summed E-state index contributed by atoms with van der Waals surface area (Å²) in [4.78, 5) is 41.0. The Morgan fingerprint density at radius 1 is 1.36 bits per heavy atom. The molecule has 0 aromatic heterocycles. The standard InChI is InChI=1S/C21H32F3N3O6/c1-12(2)7-15(9-26-19(30)14-4-6-32-10-14)20(31)27-16(8-13-3-5-25-18(13)29)17(28)11-33-21(22,23)24/h9,12-17,28H,3-8,10-11H2,1-2H3,(H,25,29)(H,27,31)/b26-9+/t13-,14?,15?,16-,17?/m0/s1. The Balaban J connectivity index is 2.10. The van der Waals surface area contributed by atoms with Crippen molar-refractivity contribution in [3.63, 3.8) is 0 Å². The van der Waals surface area contributed by atoms with E-state index in [9.17, 15) is 32.7 Å². The monoisotopic (exact) mass is 479 g/mol. The molecule has 3 amide bonds. The quantitative estimate of drug-likeness (QED) is 0.382. The fourth-order valence-electron chi connectivity index (χ4n) is 3.82. The molecule has 0 aromatic rings. The van der Waals surface area contributed by atoms with Crippen molar-refractivity contribution in [1.82, 2.24) is 10.6 Å². The second-order valence-corrected chi connectivity index (χ2v) is 8.86. The summed E-state index contributed by atoms with van der Waals surface area (Å²) in [7, 11) is 0. The lowest BCUT2D eigenvalue weighted by molar-refractivity contribution is -0.331. The number of ether oxygens (including phenoxy) is 2. The molecular weight excluding hydrogens is 447 g/mol. The van der Waals surface area contributed by atoms with Gasteiger partial charge in [0.2, 0.25) is 11.8 Å². The maximum Gasteiger partial charge on any atom is 0.522 e. The van der Waals surface area contributed by atoms with Crippen molar-refractivity contribution in [1.29, 1.82) is 0 Å². The maximum atomic E-state index is 13.0. The molecule has 0 bridgehead atoms. The van der Waals surface area contributed by atoms with Crippen LogP contribution in [0.4, 0.5) is 13.2 Å². The van der Waals surface area contributed by atoms with Crippen molar-refractivity contribution >= 4 is 23.9 Å². The summed E-state index contributed by atoms with van der Waals surface area (Å²) in [6.45, 7) is 3.80. The van der Waals surface area contributed by atoms with Crippen molar-refractivity contribution in [2.24, 2.45) is 28.7 Å². The molecule has 0 spiro atoms. The highest BCUT2D eigenvalue weighted by atomic mass is 19.4. The number of amides is 3. The van der Waals surface area contributed by atoms with Gasteiger partial charge in [-0.1, -0.05) is 13.8 Å². The van der Waals surface area contributed by atoms with Crippen LogP contribution in [0.25, 0.3) is 0 Å². The number of aliphatic hydroxyl groups is 1. The normalized spacial score (nSPS) is 24.2. The molecule has 9 nitrogen and oxygen atoms in total. The molecule has 33 heavy (non-hydrogen) atoms. The summed E-state index contributed by atoms with van der Waals surface area (Å²) in [5.41, 5.74) is 0. The minimum absolute atomic E-state index is 0.0506. The highest BCUT2D eigenvalue weighted by molar-refractivity contribution is 5.98. The van der Waals surface area contributed by atoms with Crippen LogP contribution in [0.2, 0.25) is 0 Å². The maximum absolute atomic E-state index is 13.0. The average molecular weight is 479 g/mol. The third-order valence-corrected chi connectivity index (χ3v) is 5.63. The van der Waals surface area contributed by atoms with E-state index in [1.807, 2.05) is 13.8 Å². The lowest BCUT2D eigenvalue weighted by Crippen LogP contribution is -2.49. The molecule has 0 aromatic carbocycles. The molecule has 0 saturated carbocycles. The first-order valence-corrected chi connectivity index (χ1v) is 11.1. The van der Waals surface area contributed by atoms with Crippen molar-refractivity contribution in [2.45, 2.75) is 58.0 Å². The molecular formula is C21H32F3N3O6. The second kappa shape index (κ2) is 12.4. The van der Waals surface area contributed by atoms with Gasteiger partial charge in [0.15, 0.2) is 0 Å². The molecule has 0 aliphatic carbocycles. The molecule has 2 aliphatic rings. The van der Waals surface area contributed by atoms with Crippen LogP contribution in [-0.2, 0) is 23.9 Å². The van der Waals surface area contributed by atoms with E-state index in [1.165, 1.54) is 6.21 Å². The summed E-state index contributed by atoms with van der Waals surface area (Å²) in [6, 6.07) is -1.16. The molecule has 2 heterocycles. The first-order valence-electron chi connectivity index (χ1n) is 11.1. The molecule has 2 rings (SSSR count). The van der Waals surface area contributed by atoms with E-state index >= 15 is 0 Å². The number of carbonyl (C=O) groups is 3. The van der Waals surface area contributed by atoms with Gasteiger partial charge >= 0.3 is 6.36 Å². The number of halogens is 3. The Labute approximate surface area is 190 Å². The van der Waals surface area contributed by atoms with Crippen LogP contribution in [0.5, 0.6) is 0 Å². The topological polar surface area (TPSA) is 126 Å². The van der Waals surface area contributed by atoms with Gasteiger partial charge in [0, 0.05) is 25.3 Å². The van der Waals surface area contributed by atoms with Gasteiger partial charge in [-0.05, 0) is 31.6 Å². The number of hydrogen-bond donors (Lipinski definition) is 3. The average Bonchev–Trinajstić information content (AvgIpc) is 3.40. The Hall–Kier alpha value is -2.05. The molecule has 12 heteroatoms. The van der Waals surface area contributed by atoms with Gasteiger partial charge < -0.3 is 20.5 Å². The Morgan fingerprint density at radius 2 is 2.09 bits per heavy atom. The molecule has 188 valence electrons. The van der Waals surface area contributed by atoms with Gasteiger partial charge in [0.25, 0.3) is 5.91 Å². The smallest absolute Gasteiger partial charge is 0.389 e. The summed E-state index contributed by atoms with van der Waals surface area (Å²) in [5.74, 6) is -3.00. The number of aliphatic hydroxyl groups excluding tert-OH is 1. The van der Waals surface area contributed by atoms with Crippen molar-refractivity contribution in [2.75, 3.05) is 26.4 Å². The van der Waals surface area contributed by atoms with Gasteiger partial charge in [-0.15, -0.1) is 13.2 Å². The minimum Gasteiger partial charge on any atom is -0.389 e. The van der Waals surface area contributed by atoms with Crippen LogP contribution in [0, 0.1) is 23.7 Å². The predicted molar refractivity (Wildman–Crippen MR) is 111 cm³/mol. The molecule has 5 atom stereocenters. The Kier molecular flexibility index (Phi) is 10.2. The predicted octanol–water partition coefficient (Wildman–Crippen LogP) is 1.19. The molecule has 2 fully saturated rings. The molecule has 3 N–H and O–H groups in total. The van der Waals surface area contributed by atoms with Crippen LogP contribution < -0.4 is 10.6 Å². The van der Waals surface area contributed by atoms with Crippen LogP contribution in [0.3, 0.4) is 0 Å². The largest absolute Gasteiger partial charge is 0.522 e. The summed E-state index contributed by atoms with van der Waals surface area (Å²) < 4.78 is 46.2. The molecule has 2 saturated heterocycles. The van der Waals surface area contributed by atoms with E-state index in [0.717, 1.165) is 0 Å². The van der Waals surface area contributed by atoms with Gasteiger partial charge in [0.1, 0.15) is 0 Å². The number of aliphatic imine (C=N–C) groups is 1. The SMILES string of the molecule is CC(C)CC(/C=N/C(=O)C1CCOC1)C(=O)N[C@@H](C[C@@H]1CCNC1=O)C(O)COC(F)(F)F. The Morgan fingerprint density at radius 3 is 2.64 bits per heavy atom. The highest BCUT2D eigenvalue weighted by Crippen LogP contribution is 2.22. The zero-order valence-corrected chi connectivity index (χ0v) is 18.8. The molecule has 0 radical (unpaired) electrons. The van der Waals surface area contributed by atoms with Crippen LogP contribution in [-0.4, -0.2) is 73.9 Å². The van der Waals surface area contributed by atoms with Crippen molar-refractivity contribution in [3.05, 3.63) is 0 Å². The second-order valence-electron chi connectivity index (χ2n) is 8.86. The summed E-state index contributed by atoms with van der Waals surface area (Å²) >= 11 is 0. The van der Waals surface area contributed by atoms with Crippen molar-refractivity contribution < 1.29 is 42.1 Å². The van der Waals surface area contributed by atoms with Gasteiger partial charge in [-0.3, -0.25) is 19.1 Å². The van der Waals surface area contributed by atoms with Gasteiger partial charge in [-0.2, -0.15) is 0 Å². The zero-order chi connectivity index (χ0) is 24.6. The minimum atomic E-state index is -4.95. The highest BCUT2D eigenvalue weighted by Gasteiger charge is 2.36. The fraction of sp³-hybridized carbons (Fsp3) is 0.810.